The second-order valence-corrected chi connectivity index (χ2v) is 6.24. The number of aliphatic hydroxyl groups is 1. The molecule has 1 saturated carbocycles. The molecule has 1 aliphatic carbocycles. The van der Waals surface area contributed by atoms with Gasteiger partial charge in [-0.05, 0) is 32.0 Å². The van der Waals surface area contributed by atoms with Gasteiger partial charge in [-0.25, -0.2) is 5.84 Å². The summed E-state index contributed by atoms with van der Waals surface area (Å²) < 4.78 is 0. The number of nitrogens with two attached hydrogens (primary N) is 1. The normalized spacial score (nSPS) is 23.6. The molecule has 1 aliphatic rings. The van der Waals surface area contributed by atoms with Crippen molar-refractivity contribution in [3.05, 3.63) is 21.9 Å². The van der Waals surface area contributed by atoms with E-state index in [9.17, 15) is 9.90 Å². The molecule has 1 aromatic rings. The molecule has 106 valence electrons. The highest BCUT2D eigenvalue weighted by atomic mass is 32.1. The Morgan fingerprint density at radius 3 is 2.95 bits per heavy atom. The lowest BCUT2D eigenvalue weighted by Crippen LogP contribution is -2.42. The summed E-state index contributed by atoms with van der Waals surface area (Å²) in [4.78, 5) is 15.3. The second-order valence-electron chi connectivity index (χ2n) is 5.07. The highest BCUT2D eigenvalue weighted by Crippen LogP contribution is 2.25. The lowest BCUT2D eigenvalue weighted by Gasteiger charge is -2.34. The fraction of sp³-hybridized carbons (Fsp3) is 0.615. The van der Waals surface area contributed by atoms with Crippen LogP contribution in [0.4, 0.5) is 0 Å². The average molecular weight is 283 g/mol. The maximum Gasteiger partial charge on any atom is 0.275 e. The minimum atomic E-state index is -0.253. The van der Waals surface area contributed by atoms with Crippen molar-refractivity contribution in [1.29, 1.82) is 0 Å². The van der Waals surface area contributed by atoms with Gasteiger partial charge in [0.1, 0.15) is 0 Å². The molecule has 2 rings (SSSR count). The van der Waals surface area contributed by atoms with E-state index in [0.717, 1.165) is 30.7 Å². The van der Waals surface area contributed by atoms with Crippen molar-refractivity contribution in [2.24, 2.45) is 5.84 Å². The van der Waals surface area contributed by atoms with E-state index in [-0.39, 0.29) is 18.1 Å². The van der Waals surface area contributed by atoms with Crippen molar-refractivity contribution in [3.63, 3.8) is 0 Å². The number of nitrogen functional groups attached to an aromatic ring is 1. The maximum atomic E-state index is 11.4. The van der Waals surface area contributed by atoms with Crippen molar-refractivity contribution in [1.82, 2.24) is 10.3 Å². The van der Waals surface area contributed by atoms with E-state index in [1.54, 1.807) is 6.07 Å². The van der Waals surface area contributed by atoms with Crippen molar-refractivity contribution in [2.75, 3.05) is 7.05 Å². The molecule has 0 spiro atoms. The van der Waals surface area contributed by atoms with Gasteiger partial charge in [0.15, 0.2) is 0 Å². The Labute approximate surface area is 117 Å². The smallest absolute Gasteiger partial charge is 0.275 e. The number of hydrogen-bond acceptors (Lipinski definition) is 5. The summed E-state index contributed by atoms with van der Waals surface area (Å²) in [6, 6.07) is 3.96. The van der Waals surface area contributed by atoms with Gasteiger partial charge in [0.05, 0.1) is 11.0 Å². The Hall–Kier alpha value is -0.950. The molecular formula is C13H21N3O2S. The Morgan fingerprint density at radius 1 is 1.53 bits per heavy atom. The second kappa shape index (κ2) is 6.47. The largest absolute Gasteiger partial charge is 0.391 e. The van der Waals surface area contributed by atoms with E-state index in [2.05, 4.69) is 10.3 Å². The van der Waals surface area contributed by atoms with Gasteiger partial charge >= 0.3 is 0 Å². The fourth-order valence-electron chi connectivity index (χ4n) is 2.62. The first-order chi connectivity index (χ1) is 9.11. The van der Waals surface area contributed by atoms with Crippen molar-refractivity contribution < 1.29 is 9.90 Å². The molecule has 1 heterocycles. The molecule has 4 N–H and O–H groups in total. The topological polar surface area (TPSA) is 78.6 Å². The standard InChI is InChI=1S/C13H21N3O2S/c1-16(10-4-2-3-5-11(10)17)8-9-6-7-12(19-9)13(18)15-14/h6-7,10-11,17H,2-5,8,14H2,1H3,(H,15,18). The Kier molecular flexibility index (Phi) is 4.93. The summed E-state index contributed by atoms with van der Waals surface area (Å²) in [6.45, 7) is 0.754. The number of thiophene rings is 1. The minimum absolute atomic E-state index is 0.225. The van der Waals surface area contributed by atoms with Gasteiger partial charge in [0.25, 0.3) is 5.91 Å². The Bertz CT molecular complexity index is 435. The molecule has 0 radical (unpaired) electrons. The van der Waals surface area contributed by atoms with E-state index in [0.29, 0.717) is 4.88 Å². The van der Waals surface area contributed by atoms with Crippen LogP contribution < -0.4 is 11.3 Å². The van der Waals surface area contributed by atoms with Gasteiger partial charge in [-0.2, -0.15) is 0 Å². The molecule has 1 aromatic heterocycles. The number of aliphatic hydroxyl groups excluding tert-OH is 1. The van der Waals surface area contributed by atoms with Gasteiger partial charge in [-0.1, -0.05) is 12.8 Å². The third-order valence-corrected chi connectivity index (χ3v) is 4.75. The number of carbonyl (C=O) groups excluding carboxylic acids is 1. The van der Waals surface area contributed by atoms with Gasteiger partial charge in [0.2, 0.25) is 0 Å². The van der Waals surface area contributed by atoms with Crippen molar-refractivity contribution in [2.45, 2.75) is 44.4 Å². The number of likely N-dealkylation sites (N-methyl/N-ethyl adjacent to an activating group) is 1. The lowest BCUT2D eigenvalue weighted by atomic mass is 9.91. The van der Waals surface area contributed by atoms with Crippen LogP contribution in [0, 0.1) is 0 Å². The molecule has 0 saturated heterocycles. The maximum absolute atomic E-state index is 11.4. The van der Waals surface area contributed by atoms with Crippen LogP contribution in [0.3, 0.4) is 0 Å². The van der Waals surface area contributed by atoms with Gasteiger partial charge in [-0.15, -0.1) is 11.3 Å². The van der Waals surface area contributed by atoms with Crippen molar-refractivity contribution in [3.8, 4) is 0 Å². The summed E-state index contributed by atoms with van der Waals surface area (Å²) in [5, 5.41) is 10.0. The first kappa shape index (κ1) is 14.5. The average Bonchev–Trinajstić information content (AvgIpc) is 2.86. The van der Waals surface area contributed by atoms with Crippen LogP contribution >= 0.6 is 11.3 Å². The number of nitrogens with one attached hydrogen (secondary N) is 1. The van der Waals surface area contributed by atoms with Crippen LogP contribution in [-0.2, 0) is 6.54 Å². The van der Waals surface area contributed by atoms with Gasteiger partial charge < -0.3 is 5.11 Å². The predicted molar refractivity (Wildman–Crippen MR) is 75.7 cm³/mol. The monoisotopic (exact) mass is 283 g/mol. The van der Waals surface area contributed by atoms with Gasteiger partial charge in [-0.3, -0.25) is 15.1 Å². The Morgan fingerprint density at radius 2 is 2.26 bits per heavy atom. The summed E-state index contributed by atoms with van der Waals surface area (Å²) in [5.74, 6) is 4.86. The van der Waals surface area contributed by atoms with Crippen molar-refractivity contribution >= 4 is 17.2 Å². The highest BCUT2D eigenvalue weighted by molar-refractivity contribution is 7.14. The number of carbonyl (C=O) groups is 1. The van der Waals surface area contributed by atoms with Crippen LogP contribution in [0.15, 0.2) is 12.1 Å². The molecule has 5 nitrogen and oxygen atoms in total. The van der Waals surface area contributed by atoms with Crippen LogP contribution in [0.1, 0.15) is 40.2 Å². The zero-order valence-corrected chi connectivity index (χ0v) is 11.9. The van der Waals surface area contributed by atoms with Gasteiger partial charge in [0, 0.05) is 17.5 Å². The molecule has 1 fully saturated rings. The summed E-state index contributed by atoms with van der Waals surface area (Å²) in [6.07, 6.45) is 3.99. The van der Waals surface area contributed by atoms with Crippen LogP contribution in [-0.4, -0.2) is 35.1 Å². The molecule has 0 aliphatic heterocycles. The first-order valence-electron chi connectivity index (χ1n) is 6.59. The lowest BCUT2D eigenvalue weighted by molar-refractivity contribution is 0.0292. The molecule has 19 heavy (non-hydrogen) atoms. The third-order valence-electron chi connectivity index (χ3n) is 3.68. The number of nitrogens with zero attached hydrogens (tertiary/aromatic N) is 1. The van der Waals surface area contributed by atoms with Crippen LogP contribution in [0.25, 0.3) is 0 Å². The van der Waals surface area contributed by atoms with E-state index < -0.39 is 0 Å². The summed E-state index contributed by atoms with van der Waals surface area (Å²) >= 11 is 1.44. The Balaban J connectivity index is 1.96. The number of rotatable bonds is 4. The fourth-order valence-corrected chi connectivity index (χ4v) is 3.60. The molecule has 0 bridgehead atoms. The zero-order valence-electron chi connectivity index (χ0n) is 11.1. The number of hydrazine groups is 1. The summed E-state index contributed by atoms with van der Waals surface area (Å²) in [5.41, 5.74) is 2.14. The third kappa shape index (κ3) is 3.54. The molecule has 2 unspecified atom stereocenters. The van der Waals surface area contributed by atoms with E-state index in [1.165, 1.54) is 17.8 Å². The number of amides is 1. The van der Waals surface area contributed by atoms with E-state index >= 15 is 0 Å². The first-order valence-corrected chi connectivity index (χ1v) is 7.41. The van der Waals surface area contributed by atoms with Crippen LogP contribution in [0.2, 0.25) is 0 Å². The molecule has 0 aromatic carbocycles. The van der Waals surface area contributed by atoms with E-state index in [4.69, 9.17) is 5.84 Å². The number of hydrogen-bond donors (Lipinski definition) is 3. The SMILES string of the molecule is CN(Cc1ccc(C(=O)NN)s1)C1CCCCC1O. The highest BCUT2D eigenvalue weighted by Gasteiger charge is 2.26. The van der Waals surface area contributed by atoms with E-state index in [1.807, 2.05) is 13.1 Å². The summed E-state index contributed by atoms with van der Waals surface area (Å²) in [7, 11) is 2.03. The molecule has 2 atom stereocenters. The molecular weight excluding hydrogens is 262 g/mol. The molecule has 1 amide bonds. The molecule has 6 heteroatoms. The zero-order chi connectivity index (χ0) is 13.8. The quantitative estimate of drug-likeness (QED) is 0.439. The minimum Gasteiger partial charge on any atom is -0.391 e. The predicted octanol–water partition coefficient (Wildman–Crippen LogP) is 1.09. The van der Waals surface area contributed by atoms with Crippen LogP contribution in [0.5, 0.6) is 0 Å².